The minimum absolute atomic E-state index is 0.0796. The predicted octanol–water partition coefficient (Wildman–Crippen LogP) is 2.56. The lowest BCUT2D eigenvalue weighted by atomic mass is 10.0. The first-order chi connectivity index (χ1) is 12.8. The second-order valence-corrected chi connectivity index (χ2v) is 8.82. The fourth-order valence-electron chi connectivity index (χ4n) is 3.65. The number of aryl methyl sites for hydroxylation is 2. The first-order valence-electron chi connectivity index (χ1n) is 8.92. The average molecular weight is 388 g/mol. The molecule has 0 spiro atoms. The molecule has 6 nitrogen and oxygen atoms in total. The molecule has 0 unspecified atom stereocenters. The molecule has 1 aliphatic rings. The Bertz CT molecular complexity index is 1150. The molecule has 0 fully saturated rings. The maximum atomic E-state index is 13.7. The number of fused-ring (bicyclic) bond motifs is 3. The number of aromatic nitrogens is 3. The molecule has 3 aromatic rings. The van der Waals surface area contributed by atoms with E-state index in [4.69, 9.17) is 0 Å². The number of likely N-dealkylation sites (N-methyl/N-ethyl adjacent to an activating group) is 1. The lowest BCUT2D eigenvalue weighted by molar-refractivity contribution is 0.306. The van der Waals surface area contributed by atoms with E-state index < -0.39 is 15.7 Å². The smallest absolute Gasteiger partial charge is 0.212 e. The van der Waals surface area contributed by atoms with Crippen molar-refractivity contribution in [3.63, 3.8) is 0 Å². The second-order valence-electron chi connectivity index (χ2n) is 6.94. The van der Waals surface area contributed by atoms with Crippen molar-refractivity contribution in [2.24, 2.45) is 0 Å². The van der Waals surface area contributed by atoms with Gasteiger partial charge in [-0.1, -0.05) is 13.0 Å². The van der Waals surface area contributed by atoms with E-state index in [1.165, 1.54) is 18.2 Å². The molecule has 8 heteroatoms. The van der Waals surface area contributed by atoms with Gasteiger partial charge in [-0.15, -0.1) is 0 Å². The lowest BCUT2D eigenvalue weighted by Crippen LogP contribution is -2.29. The van der Waals surface area contributed by atoms with Gasteiger partial charge in [0.05, 0.1) is 16.3 Å². The number of nitrogens with zero attached hydrogens (tertiary/aromatic N) is 4. The maximum Gasteiger partial charge on any atom is 0.212 e. The molecule has 1 aliphatic heterocycles. The summed E-state index contributed by atoms with van der Waals surface area (Å²) in [5.41, 5.74) is 3.69. The van der Waals surface area contributed by atoms with Crippen molar-refractivity contribution in [1.29, 1.82) is 0 Å². The summed E-state index contributed by atoms with van der Waals surface area (Å²) in [6.45, 7) is 5.39. The van der Waals surface area contributed by atoms with Gasteiger partial charge >= 0.3 is 0 Å². The summed E-state index contributed by atoms with van der Waals surface area (Å²) in [5.74, 6) is -0.588. The van der Waals surface area contributed by atoms with Crippen LogP contribution in [-0.4, -0.2) is 41.5 Å². The zero-order valence-electron chi connectivity index (χ0n) is 15.5. The molecule has 2 aromatic heterocycles. The number of hydrogen-bond donors (Lipinski definition) is 0. The Morgan fingerprint density at radius 3 is 2.78 bits per heavy atom. The molecule has 0 bridgehead atoms. The summed E-state index contributed by atoms with van der Waals surface area (Å²) in [5, 5.41) is 4.59. The zero-order chi connectivity index (χ0) is 19.3. The average Bonchev–Trinajstić information content (AvgIpc) is 3.01. The highest BCUT2D eigenvalue weighted by atomic mass is 32.2. The van der Waals surface area contributed by atoms with Crippen LogP contribution in [0.3, 0.4) is 0 Å². The van der Waals surface area contributed by atoms with Crippen molar-refractivity contribution in [3.05, 3.63) is 52.7 Å². The van der Waals surface area contributed by atoms with Crippen molar-refractivity contribution in [2.45, 2.75) is 43.0 Å². The van der Waals surface area contributed by atoms with E-state index in [0.29, 0.717) is 17.8 Å². The van der Waals surface area contributed by atoms with Crippen LogP contribution in [0.15, 0.2) is 34.1 Å². The topological polar surface area (TPSA) is 67.6 Å². The first kappa shape index (κ1) is 18.1. The van der Waals surface area contributed by atoms with Gasteiger partial charge in [0.1, 0.15) is 10.7 Å². The normalized spacial score (nSPS) is 15.3. The minimum atomic E-state index is -3.94. The van der Waals surface area contributed by atoms with Crippen molar-refractivity contribution in [2.75, 3.05) is 13.6 Å². The van der Waals surface area contributed by atoms with Gasteiger partial charge in [-0.25, -0.2) is 22.3 Å². The standard InChI is InChI=1S/C19H21FN4O2S/c1-4-16-18(27(25,26)14-7-5-6-13(20)10-14)19-21-12(2)15-11-23(3)9-8-17(15)24(19)22-16/h5-7,10H,4,8-9,11H2,1-3H3. The summed E-state index contributed by atoms with van der Waals surface area (Å²) in [6, 6.07) is 5.07. The molecule has 0 aliphatic carbocycles. The van der Waals surface area contributed by atoms with Gasteiger partial charge in [0, 0.05) is 30.8 Å². The summed E-state index contributed by atoms with van der Waals surface area (Å²) in [4.78, 5) is 6.82. The monoisotopic (exact) mass is 388 g/mol. The Kier molecular flexibility index (Phi) is 4.27. The van der Waals surface area contributed by atoms with E-state index in [9.17, 15) is 12.8 Å². The number of halogens is 1. The fraction of sp³-hybridized carbons (Fsp3) is 0.368. The molecule has 0 radical (unpaired) electrons. The molecule has 0 amide bonds. The Morgan fingerprint density at radius 1 is 1.30 bits per heavy atom. The van der Waals surface area contributed by atoms with E-state index >= 15 is 0 Å². The third kappa shape index (κ3) is 2.83. The molecule has 0 N–H and O–H groups in total. The van der Waals surface area contributed by atoms with Crippen molar-refractivity contribution >= 4 is 15.5 Å². The van der Waals surface area contributed by atoms with Crippen LogP contribution in [0, 0.1) is 12.7 Å². The predicted molar refractivity (Wildman–Crippen MR) is 99.0 cm³/mol. The van der Waals surface area contributed by atoms with E-state index in [1.807, 2.05) is 20.9 Å². The number of benzene rings is 1. The largest absolute Gasteiger partial charge is 0.302 e. The second kappa shape index (κ2) is 6.38. The molecule has 4 rings (SSSR count). The van der Waals surface area contributed by atoms with Crippen LogP contribution in [0.4, 0.5) is 4.39 Å². The third-order valence-electron chi connectivity index (χ3n) is 5.07. The summed E-state index contributed by atoms with van der Waals surface area (Å²) in [7, 11) is -1.89. The van der Waals surface area contributed by atoms with Crippen LogP contribution in [0.1, 0.15) is 29.6 Å². The highest BCUT2D eigenvalue weighted by Gasteiger charge is 2.31. The molecule has 27 heavy (non-hydrogen) atoms. The SMILES string of the molecule is CCc1nn2c3c(c(C)nc2c1S(=O)(=O)c1cccc(F)c1)CN(C)CC3. The van der Waals surface area contributed by atoms with Gasteiger partial charge in [-0.2, -0.15) is 5.10 Å². The van der Waals surface area contributed by atoms with Gasteiger partial charge in [0.25, 0.3) is 0 Å². The molecular weight excluding hydrogens is 367 g/mol. The highest BCUT2D eigenvalue weighted by molar-refractivity contribution is 7.91. The minimum Gasteiger partial charge on any atom is -0.302 e. The van der Waals surface area contributed by atoms with Crippen LogP contribution < -0.4 is 0 Å². The van der Waals surface area contributed by atoms with Gasteiger partial charge in [-0.3, -0.25) is 0 Å². The Hall–Kier alpha value is -2.32. The van der Waals surface area contributed by atoms with Gasteiger partial charge in [-0.05, 0) is 38.6 Å². The lowest BCUT2D eigenvalue weighted by Gasteiger charge is -2.26. The number of rotatable bonds is 3. The van der Waals surface area contributed by atoms with E-state index in [2.05, 4.69) is 15.0 Å². The van der Waals surface area contributed by atoms with Crippen molar-refractivity contribution in [1.82, 2.24) is 19.5 Å². The first-order valence-corrected chi connectivity index (χ1v) is 10.4. The van der Waals surface area contributed by atoms with E-state index in [1.54, 1.807) is 4.52 Å². The van der Waals surface area contributed by atoms with Gasteiger partial charge in [0.2, 0.25) is 9.84 Å². The highest BCUT2D eigenvalue weighted by Crippen LogP contribution is 2.31. The quantitative estimate of drug-likeness (QED) is 0.690. The van der Waals surface area contributed by atoms with Crippen LogP contribution in [-0.2, 0) is 29.2 Å². The van der Waals surface area contributed by atoms with E-state index in [0.717, 1.165) is 42.5 Å². The fourth-order valence-corrected chi connectivity index (χ4v) is 5.28. The molecule has 3 heterocycles. The Morgan fingerprint density at radius 2 is 2.07 bits per heavy atom. The number of sulfone groups is 1. The molecule has 1 aromatic carbocycles. The van der Waals surface area contributed by atoms with Crippen molar-refractivity contribution < 1.29 is 12.8 Å². The summed E-state index contributed by atoms with van der Waals surface area (Å²) < 4.78 is 41.9. The van der Waals surface area contributed by atoms with Crippen LogP contribution in [0.2, 0.25) is 0 Å². The third-order valence-corrected chi connectivity index (χ3v) is 6.90. The molecule has 142 valence electrons. The summed E-state index contributed by atoms with van der Waals surface area (Å²) >= 11 is 0. The summed E-state index contributed by atoms with van der Waals surface area (Å²) in [6.07, 6.45) is 1.22. The molecular formula is C19H21FN4O2S. The van der Waals surface area contributed by atoms with Crippen LogP contribution in [0.5, 0.6) is 0 Å². The van der Waals surface area contributed by atoms with Crippen LogP contribution in [0.25, 0.3) is 5.65 Å². The molecule has 0 saturated heterocycles. The van der Waals surface area contributed by atoms with Crippen LogP contribution >= 0.6 is 0 Å². The van der Waals surface area contributed by atoms with Crippen molar-refractivity contribution in [3.8, 4) is 0 Å². The molecule has 0 saturated carbocycles. The number of hydrogen-bond acceptors (Lipinski definition) is 5. The Labute approximate surface area is 157 Å². The molecule has 0 atom stereocenters. The maximum absolute atomic E-state index is 13.7. The Balaban J connectivity index is 2.03. The zero-order valence-corrected chi connectivity index (χ0v) is 16.3. The van der Waals surface area contributed by atoms with E-state index in [-0.39, 0.29) is 9.79 Å². The van der Waals surface area contributed by atoms with Gasteiger partial charge < -0.3 is 4.90 Å². The van der Waals surface area contributed by atoms with Gasteiger partial charge in [0.15, 0.2) is 5.65 Å².